The first kappa shape index (κ1) is 17.2. The van der Waals surface area contributed by atoms with Crippen LogP contribution in [0.5, 0.6) is 0 Å². The molecule has 2 heterocycles. The van der Waals surface area contributed by atoms with Crippen molar-refractivity contribution in [2.75, 3.05) is 5.32 Å². The van der Waals surface area contributed by atoms with E-state index < -0.39 is 5.82 Å². The van der Waals surface area contributed by atoms with Crippen molar-refractivity contribution >= 4 is 23.2 Å². The van der Waals surface area contributed by atoms with E-state index in [0.29, 0.717) is 12.1 Å². The van der Waals surface area contributed by atoms with Crippen molar-refractivity contribution in [3.8, 4) is 0 Å². The first-order chi connectivity index (χ1) is 12.0. The van der Waals surface area contributed by atoms with Crippen LogP contribution in [0.15, 0.2) is 48.7 Å². The Balaban J connectivity index is 1.85. The van der Waals surface area contributed by atoms with Crippen molar-refractivity contribution < 1.29 is 9.18 Å². The molecule has 1 amide bonds. The zero-order valence-corrected chi connectivity index (χ0v) is 14.6. The Hall–Kier alpha value is -2.66. The van der Waals surface area contributed by atoms with E-state index in [-0.39, 0.29) is 16.6 Å². The summed E-state index contributed by atoms with van der Waals surface area (Å²) < 4.78 is 15.9. The maximum absolute atomic E-state index is 13.9. The van der Waals surface area contributed by atoms with E-state index in [1.54, 1.807) is 12.3 Å². The van der Waals surface area contributed by atoms with Crippen LogP contribution in [0.4, 0.5) is 10.1 Å². The molecule has 0 aliphatic carbocycles. The second-order valence-electron chi connectivity index (χ2n) is 5.77. The molecule has 6 heteroatoms. The minimum absolute atomic E-state index is 0.101. The number of aryl methyl sites for hydroxylation is 1. The first-order valence-corrected chi connectivity index (χ1v) is 8.16. The van der Waals surface area contributed by atoms with Gasteiger partial charge in [-0.15, -0.1) is 0 Å². The number of rotatable bonds is 4. The monoisotopic (exact) mass is 357 g/mol. The predicted molar refractivity (Wildman–Crippen MR) is 96.6 cm³/mol. The van der Waals surface area contributed by atoms with Crippen molar-refractivity contribution in [2.45, 2.75) is 20.4 Å². The van der Waals surface area contributed by atoms with Crippen LogP contribution in [0.3, 0.4) is 0 Å². The molecule has 0 unspecified atom stereocenters. The molecule has 1 aromatic carbocycles. The number of amides is 1. The summed E-state index contributed by atoms with van der Waals surface area (Å²) in [6, 6.07) is 11.7. The van der Waals surface area contributed by atoms with Gasteiger partial charge in [-0.2, -0.15) is 0 Å². The van der Waals surface area contributed by atoms with Gasteiger partial charge < -0.3 is 9.88 Å². The zero-order valence-electron chi connectivity index (χ0n) is 13.9. The summed E-state index contributed by atoms with van der Waals surface area (Å²) in [4.78, 5) is 16.9. The highest BCUT2D eigenvalue weighted by Gasteiger charge is 2.17. The molecule has 1 N–H and O–H groups in total. The Kier molecular flexibility index (Phi) is 4.86. The number of pyridine rings is 1. The van der Waals surface area contributed by atoms with Gasteiger partial charge in [0.2, 0.25) is 0 Å². The number of nitrogens with one attached hydrogen (secondary N) is 1. The number of carbonyl (C=O) groups is 1. The van der Waals surface area contributed by atoms with Crippen LogP contribution in [-0.4, -0.2) is 15.5 Å². The van der Waals surface area contributed by atoms with E-state index in [9.17, 15) is 9.18 Å². The van der Waals surface area contributed by atoms with E-state index in [1.807, 2.05) is 36.6 Å². The summed E-state index contributed by atoms with van der Waals surface area (Å²) >= 11 is 5.73. The van der Waals surface area contributed by atoms with Gasteiger partial charge in [0.1, 0.15) is 5.82 Å². The minimum Gasteiger partial charge on any atom is -0.342 e. The number of hydrogen-bond acceptors (Lipinski definition) is 2. The summed E-state index contributed by atoms with van der Waals surface area (Å²) in [7, 11) is 0. The maximum Gasteiger partial charge on any atom is 0.257 e. The lowest BCUT2D eigenvalue weighted by Crippen LogP contribution is -2.14. The molecule has 0 aliphatic heterocycles. The lowest BCUT2D eigenvalue weighted by molar-refractivity contribution is 0.102. The van der Waals surface area contributed by atoms with E-state index in [0.717, 1.165) is 17.1 Å². The molecule has 3 rings (SSSR count). The summed E-state index contributed by atoms with van der Waals surface area (Å²) in [6.45, 7) is 4.36. The van der Waals surface area contributed by atoms with E-state index >= 15 is 0 Å². The van der Waals surface area contributed by atoms with Crippen LogP contribution in [0.2, 0.25) is 5.02 Å². The van der Waals surface area contributed by atoms with Gasteiger partial charge in [0.05, 0.1) is 23.5 Å². The molecule has 0 atom stereocenters. The number of nitrogens with zero attached hydrogens (tertiary/aromatic N) is 2. The summed E-state index contributed by atoms with van der Waals surface area (Å²) in [5.74, 6) is -0.926. The molecule has 0 aliphatic rings. The van der Waals surface area contributed by atoms with Gasteiger partial charge in [0, 0.05) is 22.6 Å². The van der Waals surface area contributed by atoms with Crippen LogP contribution in [-0.2, 0) is 6.54 Å². The molecule has 4 nitrogen and oxygen atoms in total. The lowest BCUT2D eigenvalue weighted by Gasteiger charge is -2.10. The molecule has 0 spiro atoms. The maximum atomic E-state index is 13.9. The normalized spacial score (nSPS) is 10.7. The van der Waals surface area contributed by atoms with Gasteiger partial charge in [-0.25, -0.2) is 4.39 Å². The zero-order chi connectivity index (χ0) is 18.0. The quantitative estimate of drug-likeness (QED) is 0.742. The van der Waals surface area contributed by atoms with Crippen LogP contribution in [0, 0.1) is 19.7 Å². The smallest absolute Gasteiger partial charge is 0.257 e. The van der Waals surface area contributed by atoms with E-state index in [2.05, 4.69) is 10.3 Å². The van der Waals surface area contributed by atoms with Gasteiger partial charge in [0.15, 0.2) is 0 Å². The van der Waals surface area contributed by atoms with Crippen LogP contribution >= 0.6 is 11.6 Å². The van der Waals surface area contributed by atoms with Gasteiger partial charge in [-0.1, -0.05) is 17.7 Å². The van der Waals surface area contributed by atoms with Crippen molar-refractivity contribution in [2.24, 2.45) is 0 Å². The molecule has 25 heavy (non-hydrogen) atoms. The third-order valence-corrected chi connectivity index (χ3v) is 4.28. The van der Waals surface area contributed by atoms with Gasteiger partial charge in [-0.3, -0.25) is 9.78 Å². The van der Waals surface area contributed by atoms with Crippen LogP contribution in [0.25, 0.3) is 0 Å². The Morgan fingerprint density at radius 2 is 2.04 bits per heavy atom. The molecular weight excluding hydrogens is 341 g/mol. The minimum atomic E-state index is -0.567. The number of hydrogen-bond donors (Lipinski definition) is 1. The molecule has 0 saturated carbocycles. The van der Waals surface area contributed by atoms with Crippen molar-refractivity contribution in [1.82, 2.24) is 9.55 Å². The number of anilines is 1. The van der Waals surface area contributed by atoms with Gasteiger partial charge in [-0.05, 0) is 50.2 Å². The highest BCUT2D eigenvalue weighted by molar-refractivity contribution is 6.30. The number of halogens is 2. The Morgan fingerprint density at radius 3 is 2.72 bits per heavy atom. The average molecular weight is 358 g/mol. The van der Waals surface area contributed by atoms with Crippen LogP contribution in [0.1, 0.15) is 27.4 Å². The first-order valence-electron chi connectivity index (χ1n) is 7.78. The Morgan fingerprint density at radius 1 is 1.24 bits per heavy atom. The molecule has 0 radical (unpaired) electrons. The molecule has 2 aromatic heterocycles. The molecule has 0 bridgehead atoms. The largest absolute Gasteiger partial charge is 0.342 e. The van der Waals surface area contributed by atoms with E-state index in [4.69, 9.17) is 11.6 Å². The third kappa shape index (κ3) is 3.72. The fourth-order valence-corrected chi connectivity index (χ4v) is 2.87. The highest BCUT2D eigenvalue weighted by Crippen LogP contribution is 2.22. The number of benzene rings is 1. The molecule has 128 valence electrons. The molecule has 0 fully saturated rings. The van der Waals surface area contributed by atoms with Crippen molar-refractivity contribution in [3.63, 3.8) is 0 Å². The van der Waals surface area contributed by atoms with Crippen LogP contribution < -0.4 is 5.32 Å². The second kappa shape index (κ2) is 7.07. The van der Waals surface area contributed by atoms with E-state index in [1.165, 1.54) is 18.2 Å². The number of aromatic nitrogens is 2. The summed E-state index contributed by atoms with van der Waals surface area (Å²) in [5.41, 5.74) is 3.24. The standard InChI is InChI=1S/C19H17ClFN3O/c1-12-9-16(13(2)24(12)11-15-5-3-4-8-22-15)19(25)23-18-7-6-14(20)10-17(18)21/h3-10H,11H2,1-2H3,(H,23,25). The fraction of sp³-hybridized carbons (Fsp3) is 0.158. The molecule has 0 saturated heterocycles. The number of carbonyl (C=O) groups excluding carboxylic acids is 1. The average Bonchev–Trinajstić information content (AvgIpc) is 2.86. The summed E-state index contributed by atoms with van der Waals surface area (Å²) in [5, 5.41) is 2.88. The third-order valence-electron chi connectivity index (χ3n) is 4.04. The SMILES string of the molecule is Cc1cc(C(=O)Nc2ccc(Cl)cc2F)c(C)n1Cc1ccccn1. The topological polar surface area (TPSA) is 46.9 Å². The van der Waals surface area contributed by atoms with Crippen molar-refractivity contribution in [1.29, 1.82) is 0 Å². The van der Waals surface area contributed by atoms with Gasteiger partial charge in [0.25, 0.3) is 5.91 Å². The second-order valence-corrected chi connectivity index (χ2v) is 6.21. The predicted octanol–water partition coefficient (Wildman–Crippen LogP) is 4.59. The highest BCUT2D eigenvalue weighted by atomic mass is 35.5. The fourth-order valence-electron chi connectivity index (χ4n) is 2.71. The molecule has 3 aromatic rings. The Bertz CT molecular complexity index is 922. The lowest BCUT2D eigenvalue weighted by atomic mass is 10.2. The van der Waals surface area contributed by atoms with Gasteiger partial charge >= 0.3 is 0 Å². The molecular formula is C19H17ClFN3O. The van der Waals surface area contributed by atoms with Crippen molar-refractivity contribution in [3.05, 3.63) is 82.1 Å². The Labute approximate surface area is 150 Å². The summed E-state index contributed by atoms with van der Waals surface area (Å²) in [6.07, 6.45) is 1.74.